The zero-order valence-electron chi connectivity index (χ0n) is 14.4. The van der Waals surface area contributed by atoms with Crippen molar-refractivity contribution in [3.05, 3.63) is 35.1 Å². The molecule has 1 aliphatic rings. The molecular weight excluding hydrogens is 309 g/mol. The van der Waals surface area contributed by atoms with E-state index in [2.05, 4.69) is 15.5 Å². The van der Waals surface area contributed by atoms with Crippen LogP contribution in [0.3, 0.4) is 0 Å². The Bertz CT molecular complexity index is 584. The lowest BCUT2D eigenvalue weighted by Crippen LogP contribution is -2.47. The number of hydrogen-bond acceptors (Lipinski definition) is 3. The van der Waals surface area contributed by atoms with Gasteiger partial charge in [-0.15, -0.1) is 0 Å². The van der Waals surface area contributed by atoms with Crippen LogP contribution in [0.1, 0.15) is 42.1 Å². The molecule has 1 saturated heterocycles. The van der Waals surface area contributed by atoms with Crippen molar-refractivity contribution in [1.29, 1.82) is 0 Å². The second-order valence-corrected chi connectivity index (χ2v) is 6.34. The predicted octanol–water partition coefficient (Wildman–Crippen LogP) is 1.85. The molecule has 1 heterocycles. The molecule has 1 aliphatic heterocycles. The second-order valence-electron chi connectivity index (χ2n) is 6.34. The maximum Gasteiger partial charge on any atom is 0.251 e. The van der Waals surface area contributed by atoms with Gasteiger partial charge < -0.3 is 10.6 Å². The van der Waals surface area contributed by atoms with Crippen LogP contribution in [-0.2, 0) is 4.79 Å². The molecule has 2 N–H and O–H groups in total. The summed E-state index contributed by atoms with van der Waals surface area (Å²) in [6.07, 6.45) is 2.52. The number of hydrogen-bond donors (Lipinski definition) is 2. The molecule has 1 aromatic rings. The highest BCUT2D eigenvalue weighted by Gasteiger charge is 2.22. The van der Waals surface area contributed by atoms with E-state index in [-0.39, 0.29) is 23.7 Å². The zero-order valence-corrected chi connectivity index (χ0v) is 14.4. The van der Waals surface area contributed by atoms with Gasteiger partial charge in [-0.05, 0) is 43.9 Å². The third kappa shape index (κ3) is 5.30. The number of carbonyl (C=O) groups excluding carboxylic acids is 2. The molecule has 0 bridgehead atoms. The summed E-state index contributed by atoms with van der Waals surface area (Å²) in [7, 11) is 0. The van der Waals surface area contributed by atoms with Crippen LogP contribution < -0.4 is 10.6 Å². The van der Waals surface area contributed by atoms with Gasteiger partial charge >= 0.3 is 0 Å². The molecule has 1 fully saturated rings. The SMILES string of the molecule is CCCNC(=O)CN1CCC(NC(=O)c2ccc(C)c(F)c2)CC1. The van der Waals surface area contributed by atoms with Crippen molar-refractivity contribution in [2.45, 2.75) is 39.2 Å². The number of piperidine rings is 1. The summed E-state index contributed by atoms with van der Waals surface area (Å²) >= 11 is 0. The van der Waals surface area contributed by atoms with E-state index in [0.29, 0.717) is 24.2 Å². The lowest BCUT2D eigenvalue weighted by Gasteiger charge is -2.31. The fraction of sp³-hybridized carbons (Fsp3) is 0.556. The van der Waals surface area contributed by atoms with Gasteiger partial charge in [-0.3, -0.25) is 14.5 Å². The molecular formula is C18H26FN3O2. The molecule has 0 radical (unpaired) electrons. The Hall–Kier alpha value is -1.95. The largest absolute Gasteiger partial charge is 0.355 e. The molecule has 1 aromatic carbocycles. The van der Waals surface area contributed by atoms with Crippen molar-refractivity contribution in [2.75, 3.05) is 26.2 Å². The van der Waals surface area contributed by atoms with Crippen molar-refractivity contribution in [2.24, 2.45) is 0 Å². The Morgan fingerprint density at radius 2 is 2.00 bits per heavy atom. The van der Waals surface area contributed by atoms with E-state index >= 15 is 0 Å². The number of likely N-dealkylation sites (tertiary alicyclic amines) is 1. The first-order valence-electron chi connectivity index (χ1n) is 8.55. The van der Waals surface area contributed by atoms with Gasteiger partial charge in [0.25, 0.3) is 5.91 Å². The van der Waals surface area contributed by atoms with Crippen molar-refractivity contribution in [3.63, 3.8) is 0 Å². The van der Waals surface area contributed by atoms with Crippen LogP contribution in [0, 0.1) is 12.7 Å². The van der Waals surface area contributed by atoms with Gasteiger partial charge in [0.05, 0.1) is 6.54 Å². The minimum atomic E-state index is -0.365. The molecule has 2 amide bonds. The maximum atomic E-state index is 13.6. The third-order valence-electron chi connectivity index (χ3n) is 4.30. The average molecular weight is 335 g/mol. The minimum absolute atomic E-state index is 0.0504. The van der Waals surface area contributed by atoms with E-state index in [1.165, 1.54) is 6.07 Å². The van der Waals surface area contributed by atoms with E-state index < -0.39 is 0 Å². The number of aryl methyl sites for hydroxylation is 1. The first-order valence-corrected chi connectivity index (χ1v) is 8.55. The summed E-state index contributed by atoms with van der Waals surface area (Å²) in [6, 6.07) is 4.59. The highest BCUT2D eigenvalue weighted by molar-refractivity contribution is 5.94. The van der Waals surface area contributed by atoms with Crippen LogP contribution in [0.5, 0.6) is 0 Å². The third-order valence-corrected chi connectivity index (χ3v) is 4.30. The van der Waals surface area contributed by atoms with Crippen molar-refractivity contribution >= 4 is 11.8 Å². The van der Waals surface area contributed by atoms with Crippen molar-refractivity contribution in [1.82, 2.24) is 15.5 Å². The van der Waals surface area contributed by atoms with Gasteiger partial charge in [0.1, 0.15) is 5.82 Å². The van der Waals surface area contributed by atoms with Gasteiger partial charge in [-0.2, -0.15) is 0 Å². The minimum Gasteiger partial charge on any atom is -0.355 e. The van der Waals surface area contributed by atoms with E-state index in [1.54, 1.807) is 19.1 Å². The normalized spacial score (nSPS) is 16.0. The summed E-state index contributed by atoms with van der Waals surface area (Å²) < 4.78 is 13.6. The standard InChI is InChI=1S/C18H26FN3O2/c1-3-8-20-17(23)12-22-9-6-15(7-10-22)21-18(24)14-5-4-13(2)16(19)11-14/h4-5,11,15H,3,6-10,12H2,1-2H3,(H,20,23)(H,21,24). The highest BCUT2D eigenvalue weighted by atomic mass is 19.1. The molecule has 0 saturated carbocycles. The summed E-state index contributed by atoms with van der Waals surface area (Å²) in [5.74, 6) is -0.557. The van der Waals surface area contributed by atoms with Gasteiger partial charge in [-0.1, -0.05) is 13.0 Å². The summed E-state index contributed by atoms with van der Waals surface area (Å²) in [4.78, 5) is 26.0. The van der Waals surface area contributed by atoms with Crippen molar-refractivity contribution < 1.29 is 14.0 Å². The maximum absolute atomic E-state index is 13.6. The van der Waals surface area contributed by atoms with E-state index in [9.17, 15) is 14.0 Å². The lowest BCUT2D eigenvalue weighted by atomic mass is 10.0. The van der Waals surface area contributed by atoms with Crippen LogP contribution in [-0.4, -0.2) is 48.9 Å². The summed E-state index contributed by atoms with van der Waals surface area (Å²) in [5.41, 5.74) is 0.876. The Balaban J connectivity index is 1.77. The van der Waals surface area contributed by atoms with Gasteiger partial charge in [-0.25, -0.2) is 4.39 Å². The lowest BCUT2D eigenvalue weighted by molar-refractivity contribution is -0.122. The molecule has 0 spiro atoms. The summed E-state index contributed by atoms with van der Waals surface area (Å²) in [6.45, 7) is 6.35. The fourth-order valence-electron chi connectivity index (χ4n) is 2.76. The highest BCUT2D eigenvalue weighted by Crippen LogP contribution is 2.13. The van der Waals surface area contributed by atoms with Crippen LogP contribution in [0.25, 0.3) is 0 Å². The quantitative estimate of drug-likeness (QED) is 0.834. The van der Waals surface area contributed by atoms with Crippen LogP contribution in [0.4, 0.5) is 4.39 Å². The molecule has 0 aliphatic carbocycles. The molecule has 132 valence electrons. The van der Waals surface area contributed by atoms with E-state index in [4.69, 9.17) is 0 Å². The number of rotatable bonds is 6. The molecule has 24 heavy (non-hydrogen) atoms. The van der Waals surface area contributed by atoms with Gasteiger partial charge in [0, 0.05) is 31.2 Å². The fourth-order valence-corrected chi connectivity index (χ4v) is 2.76. The second kappa shape index (κ2) is 8.78. The topological polar surface area (TPSA) is 61.4 Å². The Morgan fingerprint density at radius 3 is 2.62 bits per heavy atom. The zero-order chi connectivity index (χ0) is 17.5. The number of nitrogens with one attached hydrogen (secondary N) is 2. The first kappa shape index (κ1) is 18.4. The Morgan fingerprint density at radius 1 is 1.29 bits per heavy atom. The molecule has 0 unspecified atom stereocenters. The Labute approximate surface area is 142 Å². The Kier molecular flexibility index (Phi) is 6.73. The molecule has 5 nitrogen and oxygen atoms in total. The van der Waals surface area contributed by atoms with Crippen LogP contribution in [0.15, 0.2) is 18.2 Å². The smallest absolute Gasteiger partial charge is 0.251 e. The van der Waals surface area contributed by atoms with E-state index in [1.807, 2.05) is 6.92 Å². The average Bonchev–Trinajstić information content (AvgIpc) is 2.57. The number of halogens is 1. The number of benzene rings is 1. The predicted molar refractivity (Wildman–Crippen MR) is 91.4 cm³/mol. The molecule has 0 aromatic heterocycles. The monoisotopic (exact) mass is 335 g/mol. The van der Waals surface area contributed by atoms with Gasteiger partial charge in [0.15, 0.2) is 0 Å². The first-order chi connectivity index (χ1) is 11.5. The van der Waals surface area contributed by atoms with Crippen molar-refractivity contribution in [3.8, 4) is 0 Å². The summed E-state index contributed by atoms with van der Waals surface area (Å²) in [5, 5.41) is 5.83. The number of nitrogens with zero attached hydrogens (tertiary/aromatic N) is 1. The number of carbonyl (C=O) groups is 2. The number of amides is 2. The van der Waals surface area contributed by atoms with Gasteiger partial charge in [0.2, 0.25) is 5.91 Å². The molecule has 0 atom stereocenters. The van der Waals surface area contributed by atoms with E-state index in [0.717, 1.165) is 32.4 Å². The molecule has 6 heteroatoms. The van der Waals surface area contributed by atoms with Crippen LogP contribution in [0.2, 0.25) is 0 Å². The van der Waals surface area contributed by atoms with Crippen LogP contribution >= 0.6 is 0 Å². The molecule has 2 rings (SSSR count).